The van der Waals surface area contributed by atoms with E-state index in [2.05, 4.69) is 0 Å². The van der Waals surface area contributed by atoms with Gasteiger partial charge in [-0.3, -0.25) is 0 Å². The van der Waals surface area contributed by atoms with Gasteiger partial charge >= 0.3 is 0 Å². The van der Waals surface area contributed by atoms with Crippen molar-refractivity contribution >= 4 is 11.3 Å². The summed E-state index contributed by atoms with van der Waals surface area (Å²) in [6, 6.07) is 1.90. The van der Waals surface area contributed by atoms with E-state index in [4.69, 9.17) is 5.73 Å². The maximum Gasteiger partial charge on any atom is 0.264 e. The molecule has 0 atom stereocenters. The van der Waals surface area contributed by atoms with Crippen LogP contribution in [-0.2, 0) is 12.8 Å². The summed E-state index contributed by atoms with van der Waals surface area (Å²) in [6.07, 6.45) is 0.587. The summed E-state index contributed by atoms with van der Waals surface area (Å²) in [5.41, 5.74) is 5.98. The second-order valence-electron chi connectivity index (χ2n) is 2.96. The van der Waals surface area contributed by atoms with Crippen molar-refractivity contribution in [1.29, 1.82) is 0 Å². The lowest BCUT2D eigenvalue weighted by atomic mass is 10.1. The lowest BCUT2D eigenvalue weighted by Gasteiger charge is -2.13. The molecule has 0 radical (unpaired) electrons. The Kier molecular flexibility index (Phi) is 3.39. The molecule has 0 aliphatic rings. The number of hydrogen-bond acceptors (Lipinski definition) is 2. The van der Waals surface area contributed by atoms with Gasteiger partial charge in [0.2, 0.25) is 0 Å². The Bertz CT molecular complexity index is 270. The lowest BCUT2D eigenvalue weighted by molar-refractivity contribution is 0.0121. The molecule has 0 aliphatic heterocycles. The van der Waals surface area contributed by atoms with Crippen molar-refractivity contribution in [1.82, 2.24) is 0 Å². The van der Waals surface area contributed by atoms with Crippen LogP contribution in [0, 0.1) is 0 Å². The van der Waals surface area contributed by atoms with Crippen LogP contribution in [0.15, 0.2) is 11.4 Å². The Balaban J connectivity index is 2.73. The third-order valence-electron chi connectivity index (χ3n) is 1.94. The average Bonchev–Trinajstić information content (AvgIpc) is 2.51. The predicted molar refractivity (Wildman–Crippen MR) is 51.4 cm³/mol. The molecule has 0 saturated heterocycles. The summed E-state index contributed by atoms with van der Waals surface area (Å²) in [7, 11) is 0. The van der Waals surface area contributed by atoms with E-state index in [1.165, 1.54) is 11.3 Å². The van der Waals surface area contributed by atoms with E-state index in [9.17, 15) is 8.78 Å². The first-order valence-electron chi connectivity index (χ1n) is 4.22. The molecule has 1 nitrogen and oxygen atoms in total. The van der Waals surface area contributed by atoms with Crippen LogP contribution < -0.4 is 5.73 Å². The quantitative estimate of drug-likeness (QED) is 0.802. The molecule has 0 amide bonds. The summed E-state index contributed by atoms with van der Waals surface area (Å²) in [5, 5.41) is 1.85. The van der Waals surface area contributed by atoms with Crippen LogP contribution in [0.4, 0.5) is 8.78 Å². The minimum Gasteiger partial charge on any atom is -0.325 e. The van der Waals surface area contributed by atoms with Crippen molar-refractivity contribution < 1.29 is 8.78 Å². The second kappa shape index (κ2) is 4.15. The molecule has 1 rings (SSSR count). The standard InChI is InChI=1S/C9H13F2NS/c1-2-7-3-4-13-8(7)5-9(10,11)6-12/h3-4H,2,5-6,12H2,1H3. The third-order valence-corrected chi connectivity index (χ3v) is 2.90. The Morgan fingerprint density at radius 2 is 2.23 bits per heavy atom. The van der Waals surface area contributed by atoms with E-state index in [1.807, 2.05) is 18.4 Å². The SMILES string of the molecule is CCc1ccsc1CC(F)(F)CN. The molecule has 1 heterocycles. The van der Waals surface area contributed by atoms with Crippen LogP contribution >= 0.6 is 11.3 Å². The van der Waals surface area contributed by atoms with Gasteiger partial charge in [0.1, 0.15) is 0 Å². The minimum atomic E-state index is -2.76. The molecule has 2 N–H and O–H groups in total. The number of thiophene rings is 1. The number of rotatable bonds is 4. The van der Waals surface area contributed by atoms with Gasteiger partial charge < -0.3 is 5.73 Å². The van der Waals surface area contributed by atoms with Crippen LogP contribution in [0.3, 0.4) is 0 Å². The van der Waals surface area contributed by atoms with Crippen molar-refractivity contribution in [3.63, 3.8) is 0 Å². The Labute approximate surface area is 80.6 Å². The molecule has 1 aromatic rings. The molecule has 1 aromatic heterocycles. The second-order valence-corrected chi connectivity index (χ2v) is 3.96. The minimum absolute atomic E-state index is 0.218. The Hall–Kier alpha value is -0.480. The molecule has 4 heteroatoms. The highest BCUT2D eigenvalue weighted by Gasteiger charge is 2.28. The van der Waals surface area contributed by atoms with Gasteiger partial charge in [0, 0.05) is 11.3 Å². The molecular weight excluding hydrogens is 192 g/mol. The van der Waals surface area contributed by atoms with Crippen molar-refractivity contribution in [3.8, 4) is 0 Å². The van der Waals surface area contributed by atoms with Crippen LogP contribution in [0.25, 0.3) is 0 Å². The highest BCUT2D eigenvalue weighted by atomic mass is 32.1. The van der Waals surface area contributed by atoms with Crippen molar-refractivity contribution in [2.24, 2.45) is 5.73 Å². The Morgan fingerprint density at radius 3 is 2.77 bits per heavy atom. The molecule has 0 spiro atoms. The molecule has 0 aromatic carbocycles. The van der Waals surface area contributed by atoms with Gasteiger partial charge in [0.25, 0.3) is 5.92 Å². The summed E-state index contributed by atoms with van der Waals surface area (Å²) in [4.78, 5) is 0.762. The van der Waals surface area contributed by atoms with Gasteiger partial charge in [-0.05, 0) is 23.4 Å². The molecule has 0 aliphatic carbocycles. The first kappa shape index (κ1) is 10.6. The lowest BCUT2D eigenvalue weighted by Crippen LogP contribution is -2.30. The molecule has 0 saturated carbocycles. The molecule has 74 valence electrons. The van der Waals surface area contributed by atoms with Gasteiger partial charge in [0.05, 0.1) is 6.54 Å². The van der Waals surface area contributed by atoms with E-state index < -0.39 is 12.5 Å². The van der Waals surface area contributed by atoms with E-state index >= 15 is 0 Å². The van der Waals surface area contributed by atoms with E-state index in [-0.39, 0.29) is 6.42 Å². The fourth-order valence-corrected chi connectivity index (χ4v) is 2.20. The zero-order valence-electron chi connectivity index (χ0n) is 7.52. The van der Waals surface area contributed by atoms with Crippen molar-refractivity contribution in [3.05, 3.63) is 21.9 Å². The maximum atomic E-state index is 12.9. The van der Waals surface area contributed by atoms with Gasteiger partial charge in [0.15, 0.2) is 0 Å². The van der Waals surface area contributed by atoms with Crippen molar-refractivity contribution in [2.45, 2.75) is 25.7 Å². The fraction of sp³-hybridized carbons (Fsp3) is 0.556. The topological polar surface area (TPSA) is 26.0 Å². The van der Waals surface area contributed by atoms with Gasteiger partial charge in [-0.2, -0.15) is 0 Å². The van der Waals surface area contributed by atoms with Crippen molar-refractivity contribution in [2.75, 3.05) is 6.54 Å². The summed E-state index contributed by atoms with van der Waals surface area (Å²) < 4.78 is 25.8. The summed E-state index contributed by atoms with van der Waals surface area (Å²) >= 11 is 1.38. The monoisotopic (exact) mass is 205 g/mol. The maximum absolute atomic E-state index is 12.9. The van der Waals surface area contributed by atoms with Crippen LogP contribution in [0.2, 0.25) is 0 Å². The predicted octanol–water partition coefficient (Wildman–Crippen LogP) is 2.45. The normalized spacial score (nSPS) is 12.0. The number of alkyl halides is 2. The zero-order chi connectivity index (χ0) is 9.90. The average molecular weight is 205 g/mol. The van der Waals surface area contributed by atoms with E-state index in [0.29, 0.717) is 0 Å². The van der Waals surface area contributed by atoms with Gasteiger partial charge in [-0.1, -0.05) is 6.92 Å². The summed E-state index contributed by atoms with van der Waals surface area (Å²) in [5.74, 6) is -2.76. The zero-order valence-corrected chi connectivity index (χ0v) is 8.33. The molecular formula is C9H13F2NS. The van der Waals surface area contributed by atoms with Crippen LogP contribution in [0.1, 0.15) is 17.4 Å². The smallest absolute Gasteiger partial charge is 0.264 e. The first-order chi connectivity index (χ1) is 6.09. The molecule has 0 fully saturated rings. The largest absolute Gasteiger partial charge is 0.325 e. The number of halogens is 2. The fourth-order valence-electron chi connectivity index (χ4n) is 1.14. The van der Waals surface area contributed by atoms with Crippen LogP contribution in [-0.4, -0.2) is 12.5 Å². The number of hydrogen-bond donors (Lipinski definition) is 1. The molecule has 13 heavy (non-hydrogen) atoms. The van der Waals surface area contributed by atoms with Crippen LogP contribution in [0.5, 0.6) is 0 Å². The number of aryl methyl sites for hydroxylation is 1. The first-order valence-corrected chi connectivity index (χ1v) is 5.10. The van der Waals surface area contributed by atoms with Gasteiger partial charge in [-0.15, -0.1) is 11.3 Å². The molecule has 0 bridgehead atoms. The molecule has 0 unspecified atom stereocenters. The van der Waals surface area contributed by atoms with E-state index in [1.54, 1.807) is 0 Å². The highest BCUT2D eigenvalue weighted by Crippen LogP contribution is 2.25. The third kappa shape index (κ3) is 2.74. The Morgan fingerprint density at radius 1 is 1.54 bits per heavy atom. The highest BCUT2D eigenvalue weighted by molar-refractivity contribution is 7.10. The van der Waals surface area contributed by atoms with Gasteiger partial charge in [-0.25, -0.2) is 8.78 Å². The van der Waals surface area contributed by atoms with E-state index in [0.717, 1.165) is 16.9 Å². The summed E-state index contributed by atoms with van der Waals surface area (Å²) in [6.45, 7) is 1.39. The number of nitrogens with two attached hydrogens (primary N) is 1.